The van der Waals surface area contributed by atoms with Crippen molar-refractivity contribution in [3.63, 3.8) is 0 Å². The molecule has 0 aliphatic heterocycles. The van der Waals surface area contributed by atoms with E-state index in [4.69, 9.17) is 0 Å². The van der Waals surface area contributed by atoms with Crippen LogP contribution in [-0.2, 0) is 18.3 Å². The fourth-order valence-corrected chi connectivity index (χ4v) is 2.42. The molecule has 0 aromatic carbocycles. The largest absolute Gasteiger partial charge is 0.299 e. The van der Waals surface area contributed by atoms with E-state index < -0.39 is 0 Å². The highest BCUT2D eigenvalue weighted by Crippen LogP contribution is 2.39. The van der Waals surface area contributed by atoms with Gasteiger partial charge in [-0.1, -0.05) is 6.92 Å². The number of carbonyl (C=O) groups is 1. The van der Waals surface area contributed by atoms with Gasteiger partial charge in [-0.05, 0) is 35.2 Å². The van der Waals surface area contributed by atoms with Gasteiger partial charge in [0.15, 0.2) is 0 Å². The molecule has 0 bridgehead atoms. The molecule has 1 fully saturated rings. The summed E-state index contributed by atoms with van der Waals surface area (Å²) < 4.78 is 2.77. The van der Waals surface area contributed by atoms with Crippen LogP contribution in [0.3, 0.4) is 0 Å². The van der Waals surface area contributed by atoms with E-state index in [0.29, 0.717) is 24.0 Å². The molecule has 1 aromatic rings. The second-order valence-corrected chi connectivity index (χ2v) is 5.23. The van der Waals surface area contributed by atoms with Gasteiger partial charge < -0.3 is 0 Å². The SMILES string of the molecule is Cc1nn(C)c(CC(=O)C2CC2C)c1Br. The summed E-state index contributed by atoms with van der Waals surface area (Å²) >= 11 is 3.48. The summed E-state index contributed by atoms with van der Waals surface area (Å²) in [5.41, 5.74) is 1.95. The van der Waals surface area contributed by atoms with Gasteiger partial charge in [-0.2, -0.15) is 5.10 Å². The Bertz CT molecular complexity index is 411. The fourth-order valence-electron chi connectivity index (χ4n) is 1.94. The summed E-state index contributed by atoms with van der Waals surface area (Å²) in [6, 6.07) is 0. The maximum atomic E-state index is 11.8. The van der Waals surface area contributed by atoms with Gasteiger partial charge in [-0.3, -0.25) is 9.48 Å². The number of ketones is 1. The molecule has 3 nitrogen and oxygen atoms in total. The normalized spacial score (nSPS) is 24.3. The van der Waals surface area contributed by atoms with E-state index in [1.54, 1.807) is 4.68 Å². The molecule has 0 spiro atoms. The molecule has 1 saturated carbocycles. The predicted octanol–water partition coefficient (Wildman–Crippen LogP) is 2.26. The minimum absolute atomic E-state index is 0.298. The summed E-state index contributed by atoms with van der Waals surface area (Å²) in [6.45, 7) is 4.07. The smallest absolute Gasteiger partial charge is 0.142 e. The summed E-state index contributed by atoms with van der Waals surface area (Å²) in [5, 5.41) is 4.28. The van der Waals surface area contributed by atoms with Crippen LogP contribution in [0.15, 0.2) is 4.47 Å². The van der Waals surface area contributed by atoms with Gasteiger partial charge in [-0.25, -0.2) is 0 Å². The van der Waals surface area contributed by atoms with Gasteiger partial charge in [0.25, 0.3) is 0 Å². The Labute approximate surface area is 98.0 Å². The predicted molar refractivity (Wildman–Crippen MR) is 61.6 cm³/mol. The number of hydrogen-bond acceptors (Lipinski definition) is 2. The van der Waals surface area contributed by atoms with Gasteiger partial charge in [0.05, 0.1) is 15.9 Å². The number of nitrogens with zero attached hydrogens (tertiary/aromatic N) is 2. The van der Waals surface area contributed by atoms with Crippen molar-refractivity contribution in [2.75, 3.05) is 0 Å². The molecule has 1 aliphatic carbocycles. The Kier molecular flexibility index (Phi) is 2.71. The molecule has 82 valence electrons. The lowest BCUT2D eigenvalue weighted by atomic mass is 10.1. The molecule has 0 radical (unpaired) electrons. The van der Waals surface area contributed by atoms with Gasteiger partial charge >= 0.3 is 0 Å². The number of Topliss-reactive ketones (excluding diaryl/α,β-unsaturated/α-hetero) is 1. The number of carbonyl (C=O) groups excluding carboxylic acids is 1. The van der Waals surface area contributed by atoms with Crippen molar-refractivity contribution in [2.24, 2.45) is 18.9 Å². The lowest BCUT2D eigenvalue weighted by molar-refractivity contribution is -0.119. The Morgan fingerprint density at radius 2 is 2.27 bits per heavy atom. The lowest BCUT2D eigenvalue weighted by Crippen LogP contribution is -2.10. The van der Waals surface area contributed by atoms with E-state index in [9.17, 15) is 4.79 Å². The molecule has 2 rings (SSSR count). The Morgan fingerprint density at radius 3 is 2.67 bits per heavy atom. The topological polar surface area (TPSA) is 34.9 Å². The van der Waals surface area contributed by atoms with Gasteiger partial charge in [-0.15, -0.1) is 0 Å². The number of halogens is 1. The molecule has 15 heavy (non-hydrogen) atoms. The Morgan fingerprint density at radius 1 is 1.67 bits per heavy atom. The molecule has 2 unspecified atom stereocenters. The minimum atomic E-state index is 0.298. The van der Waals surface area contributed by atoms with Gasteiger partial charge in [0, 0.05) is 19.4 Å². The van der Waals surface area contributed by atoms with Crippen molar-refractivity contribution >= 4 is 21.7 Å². The zero-order valence-corrected chi connectivity index (χ0v) is 10.8. The maximum absolute atomic E-state index is 11.8. The van der Waals surface area contributed by atoms with Crippen LogP contribution in [0.1, 0.15) is 24.7 Å². The fraction of sp³-hybridized carbons (Fsp3) is 0.636. The first-order chi connectivity index (χ1) is 7.00. The molecule has 0 saturated heterocycles. The first-order valence-corrected chi connectivity index (χ1v) is 6.00. The zero-order chi connectivity index (χ0) is 11.2. The highest BCUT2D eigenvalue weighted by molar-refractivity contribution is 9.10. The molecule has 1 heterocycles. The number of hydrogen-bond donors (Lipinski definition) is 0. The highest BCUT2D eigenvalue weighted by Gasteiger charge is 2.39. The van der Waals surface area contributed by atoms with Crippen LogP contribution in [0.4, 0.5) is 0 Å². The molecule has 0 N–H and O–H groups in total. The van der Waals surface area contributed by atoms with Crippen LogP contribution in [0, 0.1) is 18.8 Å². The van der Waals surface area contributed by atoms with E-state index in [1.807, 2.05) is 14.0 Å². The summed E-state index contributed by atoms with van der Waals surface area (Å²) in [6.07, 6.45) is 1.57. The molecular weight excluding hydrogens is 256 g/mol. The second kappa shape index (κ2) is 3.74. The van der Waals surface area contributed by atoms with Crippen LogP contribution in [-0.4, -0.2) is 15.6 Å². The Hall–Kier alpha value is -0.640. The quantitative estimate of drug-likeness (QED) is 0.845. The third-order valence-electron chi connectivity index (χ3n) is 3.13. The number of aromatic nitrogens is 2. The van der Waals surface area contributed by atoms with Crippen LogP contribution < -0.4 is 0 Å². The van der Waals surface area contributed by atoms with Crippen LogP contribution in [0.25, 0.3) is 0 Å². The van der Waals surface area contributed by atoms with Gasteiger partial charge in [0.1, 0.15) is 5.78 Å². The van der Waals surface area contributed by atoms with Crippen molar-refractivity contribution in [1.29, 1.82) is 0 Å². The van der Waals surface area contributed by atoms with Crippen molar-refractivity contribution in [3.05, 3.63) is 15.9 Å². The third kappa shape index (κ3) is 2.00. The van der Waals surface area contributed by atoms with E-state index in [-0.39, 0.29) is 0 Å². The van der Waals surface area contributed by atoms with Crippen molar-refractivity contribution in [1.82, 2.24) is 9.78 Å². The first kappa shape index (κ1) is 10.9. The molecule has 2 atom stereocenters. The highest BCUT2D eigenvalue weighted by atomic mass is 79.9. The Balaban J connectivity index is 2.13. The van der Waals surface area contributed by atoms with Gasteiger partial charge in [0.2, 0.25) is 0 Å². The molecular formula is C11H15BrN2O. The van der Waals surface area contributed by atoms with Crippen molar-refractivity contribution in [2.45, 2.75) is 26.7 Å². The molecule has 1 aliphatic rings. The van der Waals surface area contributed by atoms with Crippen LogP contribution in [0.2, 0.25) is 0 Å². The van der Waals surface area contributed by atoms with E-state index >= 15 is 0 Å². The lowest BCUT2D eigenvalue weighted by Gasteiger charge is -2.01. The monoisotopic (exact) mass is 270 g/mol. The maximum Gasteiger partial charge on any atom is 0.142 e. The first-order valence-electron chi connectivity index (χ1n) is 5.21. The van der Waals surface area contributed by atoms with E-state index in [2.05, 4.69) is 28.0 Å². The van der Waals surface area contributed by atoms with Crippen LogP contribution >= 0.6 is 15.9 Å². The summed E-state index contributed by atoms with van der Waals surface area (Å²) in [4.78, 5) is 11.8. The van der Waals surface area contributed by atoms with Crippen molar-refractivity contribution < 1.29 is 4.79 Å². The zero-order valence-electron chi connectivity index (χ0n) is 9.25. The average molecular weight is 271 g/mol. The standard InChI is InChI=1S/C11H15BrN2O/c1-6-4-8(6)10(15)5-9-11(12)7(2)13-14(9)3/h6,8H,4-5H2,1-3H3. The molecule has 1 aromatic heterocycles. The number of rotatable bonds is 3. The second-order valence-electron chi connectivity index (χ2n) is 4.43. The summed E-state index contributed by atoms with van der Waals surface area (Å²) in [7, 11) is 1.89. The van der Waals surface area contributed by atoms with Crippen molar-refractivity contribution in [3.8, 4) is 0 Å². The van der Waals surface area contributed by atoms with E-state index in [1.165, 1.54) is 0 Å². The minimum Gasteiger partial charge on any atom is -0.299 e. The molecule has 4 heteroatoms. The van der Waals surface area contributed by atoms with Crippen LogP contribution in [0.5, 0.6) is 0 Å². The van der Waals surface area contributed by atoms with E-state index in [0.717, 1.165) is 22.3 Å². The molecule has 0 amide bonds. The summed E-state index contributed by atoms with van der Waals surface area (Å²) in [5.74, 6) is 1.24. The third-order valence-corrected chi connectivity index (χ3v) is 4.16. The average Bonchev–Trinajstić information content (AvgIpc) is 2.84. The number of aryl methyl sites for hydroxylation is 2.